The fourth-order valence-electron chi connectivity index (χ4n) is 2.72. The largest absolute Gasteiger partial charge is 0.494 e. The predicted molar refractivity (Wildman–Crippen MR) is 74.9 cm³/mol. The van der Waals surface area contributed by atoms with Crippen molar-refractivity contribution < 1.29 is 4.74 Å². The summed E-state index contributed by atoms with van der Waals surface area (Å²) >= 11 is 0. The molecule has 0 radical (unpaired) electrons. The minimum atomic E-state index is -0.0386. The van der Waals surface area contributed by atoms with Crippen LogP contribution < -0.4 is 10.5 Å². The van der Waals surface area contributed by atoms with E-state index in [1.54, 1.807) is 0 Å². The smallest absolute Gasteiger partial charge is 0.122 e. The minimum absolute atomic E-state index is 0.0386. The van der Waals surface area contributed by atoms with E-state index in [4.69, 9.17) is 10.5 Å². The summed E-state index contributed by atoms with van der Waals surface area (Å²) in [5, 5.41) is 0. The average molecular weight is 248 g/mol. The third-order valence-corrected chi connectivity index (χ3v) is 3.70. The van der Waals surface area contributed by atoms with E-state index in [9.17, 15) is 0 Å². The SMILES string of the molecule is CCOc1ccc(C(N(C)C)C2(N)CC2)cc1C. The van der Waals surface area contributed by atoms with Crippen molar-refractivity contribution in [3.63, 3.8) is 0 Å². The van der Waals surface area contributed by atoms with Crippen molar-refractivity contribution in [3.8, 4) is 5.75 Å². The number of likely N-dealkylation sites (N-methyl/N-ethyl adjacent to an activating group) is 1. The number of rotatable bonds is 5. The Hall–Kier alpha value is -1.06. The molecular weight excluding hydrogens is 224 g/mol. The van der Waals surface area contributed by atoms with Gasteiger partial charge in [0, 0.05) is 5.54 Å². The van der Waals surface area contributed by atoms with E-state index in [0.717, 1.165) is 18.6 Å². The number of nitrogens with zero attached hydrogens (tertiary/aromatic N) is 1. The Labute approximate surface area is 110 Å². The molecular formula is C15H24N2O. The molecule has 1 atom stereocenters. The molecule has 0 aromatic heterocycles. The molecule has 0 spiro atoms. The van der Waals surface area contributed by atoms with Gasteiger partial charge in [0.25, 0.3) is 0 Å². The van der Waals surface area contributed by atoms with Crippen molar-refractivity contribution in [1.82, 2.24) is 4.90 Å². The lowest BCUT2D eigenvalue weighted by atomic mass is 9.95. The maximum Gasteiger partial charge on any atom is 0.122 e. The molecule has 3 heteroatoms. The molecule has 1 fully saturated rings. The first-order valence-electron chi connectivity index (χ1n) is 6.66. The summed E-state index contributed by atoms with van der Waals surface area (Å²) in [6.07, 6.45) is 2.23. The first-order valence-corrected chi connectivity index (χ1v) is 6.66. The van der Waals surface area contributed by atoms with E-state index in [2.05, 4.69) is 44.1 Å². The van der Waals surface area contributed by atoms with Gasteiger partial charge in [-0.3, -0.25) is 0 Å². The van der Waals surface area contributed by atoms with Gasteiger partial charge in [-0.1, -0.05) is 12.1 Å². The molecule has 3 nitrogen and oxygen atoms in total. The Balaban J connectivity index is 2.29. The zero-order chi connectivity index (χ0) is 13.3. The topological polar surface area (TPSA) is 38.5 Å². The highest BCUT2D eigenvalue weighted by molar-refractivity contribution is 5.39. The Morgan fingerprint density at radius 1 is 1.39 bits per heavy atom. The summed E-state index contributed by atoms with van der Waals surface area (Å²) in [6, 6.07) is 6.72. The molecule has 2 rings (SSSR count). The van der Waals surface area contributed by atoms with Gasteiger partial charge in [0.2, 0.25) is 0 Å². The third-order valence-electron chi connectivity index (χ3n) is 3.70. The van der Waals surface area contributed by atoms with Gasteiger partial charge in [0.05, 0.1) is 12.6 Å². The molecule has 1 aliphatic rings. The third kappa shape index (κ3) is 2.52. The molecule has 1 aromatic carbocycles. The fourth-order valence-corrected chi connectivity index (χ4v) is 2.72. The molecule has 0 aliphatic heterocycles. The zero-order valence-electron chi connectivity index (χ0n) is 11.9. The summed E-state index contributed by atoms with van der Waals surface area (Å²) in [6.45, 7) is 4.81. The van der Waals surface area contributed by atoms with Gasteiger partial charge in [0.1, 0.15) is 5.75 Å². The van der Waals surface area contributed by atoms with Crippen LogP contribution in [0.2, 0.25) is 0 Å². The maximum absolute atomic E-state index is 6.40. The summed E-state index contributed by atoms with van der Waals surface area (Å²) < 4.78 is 5.59. The number of hydrogen-bond acceptors (Lipinski definition) is 3. The molecule has 18 heavy (non-hydrogen) atoms. The summed E-state index contributed by atoms with van der Waals surface area (Å²) in [4.78, 5) is 2.22. The van der Waals surface area contributed by atoms with Gasteiger partial charge >= 0.3 is 0 Å². The highest BCUT2D eigenvalue weighted by Crippen LogP contribution is 2.46. The normalized spacial score (nSPS) is 18.8. The summed E-state index contributed by atoms with van der Waals surface area (Å²) in [5.41, 5.74) is 8.84. The lowest BCUT2D eigenvalue weighted by Gasteiger charge is -2.31. The van der Waals surface area contributed by atoms with E-state index in [1.807, 2.05) is 6.92 Å². The molecule has 1 aromatic rings. The van der Waals surface area contributed by atoms with Crippen LogP contribution in [-0.4, -0.2) is 31.1 Å². The predicted octanol–water partition coefficient (Wildman–Crippen LogP) is 2.49. The second-order valence-corrected chi connectivity index (χ2v) is 5.56. The average Bonchev–Trinajstić information content (AvgIpc) is 3.01. The summed E-state index contributed by atoms with van der Waals surface area (Å²) in [7, 11) is 4.20. The van der Waals surface area contributed by atoms with E-state index in [1.165, 1.54) is 11.1 Å². The van der Waals surface area contributed by atoms with Crippen LogP contribution in [0.1, 0.15) is 36.9 Å². The van der Waals surface area contributed by atoms with Crippen LogP contribution in [0.4, 0.5) is 0 Å². The second-order valence-electron chi connectivity index (χ2n) is 5.56. The highest BCUT2D eigenvalue weighted by Gasteiger charge is 2.47. The van der Waals surface area contributed by atoms with Crippen molar-refractivity contribution in [2.45, 2.75) is 38.3 Å². The molecule has 1 saturated carbocycles. The monoisotopic (exact) mass is 248 g/mol. The molecule has 1 aliphatic carbocycles. The molecule has 0 heterocycles. The maximum atomic E-state index is 6.40. The minimum Gasteiger partial charge on any atom is -0.494 e. The molecule has 0 saturated heterocycles. The fraction of sp³-hybridized carbons (Fsp3) is 0.600. The first-order chi connectivity index (χ1) is 8.48. The van der Waals surface area contributed by atoms with E-state index < -0.39 is 0 Å². The van der Waals surface area contributed by atoms with Gasteiger partial charge in [0.15, 0.2) is 0 Å². The molecule has 0 amide bonds. The van der Waals surface area contributed by atoms with Gasteiger partial charge in [-0.2, -0.15) is 0 Å². The van der Waals surface area contributed by atoms with E-state index in [0.29, 0.717) is 12.6 Å². The lowest BCUT2D eigenvalue weighted by molar-refractivity contribution is 0.245. The molecule has 1 unspecified atom stereocenters. The van der Waals surface area contributed by atoms with Gasteiger partial charge in [-0.05, 0) is 58.0 Å². The second kappa shape index (κ2) is 4.90. The Morgan fingerprint density at radius 2 is 2.06 bits per heavy atom. The Kier molecular flexibility index (Phi) is 3.64. The van der Waals surface area contributed by atoms with Crippen LogP contribution in [-0.2, 0) is 0 Å². The van der Waals surface area contributed by atoms with Crippen molar-refractivity contribution in [1.29, 1.82) is 0 Å². The number of hydrogen-bond donors (Lipinski definition) is 1. The van der Waals surface area contributed by atoms with Crippen LogP contribution in [0.3, 0.4) is 0 Å². The van der Waals surface area contributed by atoms with Crippen LogP contribution in [0.25, 0.3) is 0 Å². The van der Waals surface area contributed by atoms with Gasteiger partial charge in [-0.25, -0.2) is 0 Å². The highest BCUT2D eigenvalue weighted by atomic mass is 16.5. The van der Waals surface area contributed by atoms with Crippen LogP contribution in [0, 0.1) is 6.92 Å². The van der Waals surface area contributed by atoms with Crippen LogP contribution >= 0.6 is 0 Å². The molecule has 100 valence electrons. The number of ether oxygens (including phenoxy) is 1. The number of nitrogens with two attached hydrogens (primary N) is 1. The number of benzene rings is 1. The number of aryl methyl sites for hydroxylation is 1. The van der Waals surface area contributed by atoms with E-state index >= 15 is 0 Å². The molecule has 2 N–H and O–H groups in total. The van der Waals surface area contributed by atoms with Gasteiger partial charge < -0.3 is 15.4 Å². The Bertz CT molecular complexity index is 425. The summed E-state index contributed by atoms with van der Waals surface area (Å²) in [5.74, 6) is 0.973. The standard InChI is InChI=1S/C15H24N2O/c1-5-18-13-7-6-12(10-11(13)2)14(17(3)4)15(16)8-9-15/h6-7,10,14H,5,8-9,16H2,1-4H3. The Morgan fingerprint density at radius 3 is 2.50 bits per heavy atom. The van der Waals surface area contributed by atoms with E-state index in [-0.39, 0.29) is 5.54 Å². The lowest BCUT2D eigenvalue weighted by Crippen LogP contribution is -2.39. The van der Waals surface area contributed by atoms with Crippen LogP contribution in [0.15, 0.2) is 18.2 Å². The van der Waals surface area contributed by atoms with Crippen molar-refractivity contribution in [3.05, 3.63) is 29.3 Å². The van der Waals surface area contributed by atoms with Crippen molar-refractivity contribution >= 4 is 0 Å². The van der Waals surface area contributed by atoms with Gasteiger partial charge in [-0.15, -0.1) is 0 Å². The van der Waals surface area contributed by atoms with Crippen molar-refractivity contribution in [2.24, 2.45) is 5.73 Å². The van der Waals surface area contributed by atoms with Crippen molar-refractivity contribution in [2.75, 3.05) is 20.7 Å². The quantitative estimate of drug-likeness (QED) is 0.870. The molecule has 0 bridgehead atoms. The zero-order valence-corrected chi connectivity index (χ0v) is 11.9. The van der Waals surface area contributed by atoms with Crippen LogP contribution in [0.5, 0.6) is 5.75 Å². The first kappa shape index (κ1) is 13.4.